The van der Waals surface area contributed by atoms with Gasteiger partial charge in [0.25, 0.3) is 5.91 Å². The number of amides is 2. The molecule has 3 aromatic carbocycles. The first kappa shape index (κ1) is 40.5. The number of aromatic nitrogens is 1. The minimum absolute atomic E-state index is 0.289. The number of halogens is 6. The average Bonchev–Trinajstić information content (AvgIpc) is 3.10. The van der Waals surface area contributed by atoms with Crippen molar-refractivity contribution in [1.29, 1.82) is 0 Å². The van der Waals surface area contributed by atoms with Gasteiger partial charge >= 0.3 is 24.3 Å². The first-order valence-corrected chi connectivity index (χ1v) is 15.1. The molecule has 278 valence electrons. The highest BCUT2D eigenvalue weighted by molar-refractivity contribution is 5.95. The van der Waals surface area contributed by atoms with Gasteiger partial charge in [-0.1, -0.05) is 36.4 Å². The number of rotatable bonds is 7. The van der Waals surface area contributed by atoms with Crippen LogP contribution in [0, 0.1) is 12.8 Å². The Bertz CT molecular complexity index is 1820. The second kappa shape index (κ2) is 17.8. The van der Waals surface area contributed by atoms with Crippen molar-refractivity contribution in [2.45, 2.75) is 38.3 Å². The fourth-order valence-corrected chi connectivity index (χ4v) is 5.00. The standard InChI is InChI=1S/C30H30N4O4.2C2HF3O2/c1-20-17-22(25-9-5-6-10-27(25)31-20)19-38-24-13-11-21(12-14-24)29(35)32-28-18-34(23-7-3-2-4-8-23)16-15-26(28)30(36)33-37;2*3-2(4,5)1(6)7/h2-14,17,26,28,37H,15-16,18-19H2,1H3,(H,32,35)(H,33,36);2*(H,6,7)/t26-,28+;;/m0../s1. The Hall–Kier alpha value is -5.91. The highest BCUT2D eigenvalue weighted by atomic mass is 19.4. The molecule has 2 amide bonds. The lowest BCUT2D eigenvalue weighted by Gasteiger charge is -2.39. The highest BCUT2D eigenvalue weighted by Crippen LogP contribution is 2.25. The van der Waals surface area contributed by atoms with Crippen LogP contribution >= 0.6 is 0 Å². The highest BCUT2D eigenvalue weighted by Gasteiger charge is 2.39. The van der Waals surface area contributed by atoms with Gasteiger partial charge < -0.3 is 25.2 Å². The summed E-state index contributed by atoms with van der Waals surface area (Å²) in [5.41, 5.74) is 6.14. The number of hydrogen-bond donors (Lipinski definition) is 5. The Kier molecular flexibility index (Phi) is 13.9. The van der Waals surface area contributed by atoms with Crippen molar-refractivity contribution < 1.29 is 65.7 Å². The molecule has 1 fully saturated rings. The number of nitrogens with one attached hydrogen (secondary N) is 2. The quantitative estimate of drug-likeness (QED) is 0.0922. The number of anilines is 1. The van der Waals surface area contributed by atoms with E-state index in [0.717, 1.165) is 27.8 Å². The van der Waals surface area contributed by atoms with E-state index in [2.05, 4.69) is 15.2 Å². The van der Waals surface area contributed by atoms with Crippen molar-refractivity contribution in [3.05, 3.63) is 102 Å². The van der Waals surface area contributed by atoms with E-state index in [1.165, 1.54) is 0 Å². The Morgan fingerprint density at radius 1 is 0.865 bits per heavy atom. The molecule has 1 aromatic heterocycles. The molecule has 2 heterocycles. The number of alkyl halides is 6. The molecular formula is C34H32F6N4O8. The maximum atomic E-state index is 13.1. The van der Waals surface area contributed by atoms with Crippen LogP contribution in [0.2, 0.25) is 0 Å². The topological polar surface area (TPSA) is 178 Å². The van der Waals surface area contributed by atoms with Crippen molar-refractivity contribution in [3.63, 3.8) is 0 Å². The molecule has 2 atom stereocenters. The van der Waals surface area contributed by atoms with Crippen LogP contribution in [0.1, 0.15) is 28.0 Å². The third-order valence-electron chi connectivity index (χ3n) is 7.42. The minimum atomic E-state index is -5.08. The van der Waals surface area contributed by atoms with Gasteiger partial charge in [-0.15, -0.1) is 0 Å². The summed E-state index contributed by atoms with van der Waals surface area (Å²) in [6, 6.07) is 26.3. The SMILES string of the molecule is Cc1cc(COc2ccc(C(=O)N[C@@H]3CN(c4ccccc4)CC[C@@H]3C(=O)NO)cc2)c2ccccc2n1.O=C(O)C(F)(F)F.O=C(O)C(F)(F)F. The van der Waals surface area contributed by atoms with Crippen molar-refractivity contribution in [2.24, 2.45) is 5.92 Å². The summed E-state index contributed by atoms with van der Waals surface area (Å²) in [6.45, 7) is 3.44. The van der Waals surface area contributed by atoms with Gasteiger partial charge in [-0.25, -0.2) is 15.1 Å². The fourth-order valence-electron chi connectivity index (χ4n) is 5.00. The molecule has 5 rings (SSSR count). The summed E-state index contributed by atoms with van der Waals surface area (Å²) < 4.78 is 69.5. The second-order valence-electron chi connectivity index (χ2n) is 11.1. The third kappa shape index (κ3) is 11.9. The molecule has 0 unspecified atom stereocenters. The number of fused-ring (bicyclic) bond motifs is 1. The zero-order valence-corrected chi connectivity index (χ0v) is 27.1. The molecular weight excluding hydrogens is 706 g/mol. The number of benzene rings is 3. The minimum Gasteiger partial charge on any atom is -0.489 e. The van der Waals surface area contributed by atoms with Crippen LogP contribution in [0.15, 0.2) is 84.9 Å². The van der Waals surface area contributed by atoms with E-state index in [1.54, 1.807) is 29.7 Å². The normalized spacial score (nSPS) is 15.6. The molecule has 52 heavy (non-hydrogen) atoms. The maximum Gasteiger partial charge on any atom is 0.490 e. The molecule has 0 spiro atoms. The zero-order chi connectivity index (χ0) is 38.6. The molecule has 12 nitrogen and oxygen atoms in total. The molecule has 0 radical (unpaired) electrons. The van der Waals surface area contributed by atoms with E-state index in [4.69, 9.17) is 24.5 Å². The Morgan fingerprint density at radius 2 is 1.42 bits per heavy atom. The summed E-state index contributed by atoms with van der Waals surface area (Å²) in [5.74, 6) is -6.19. The van der Waals surface area contributed by atoms with Crippen molar-refractivity contribution in [3.8, 4) is 5.75 Å². The van der Waals surface area contributed by atoms with E-state index in [9.17, 15) is 41.1 Å². The number of nitrogens with zero attached hydrogens (tertiary/aromatic N) is 2. The largest absolute Gasteiger partial charge is 0.490 e. The molecule has 1 aliphatic heterocycles. The van der Waals surface area contributed by atoms with Gasteiger partial charge in [0.15, 0.2) is 0 Å². The molecule has 0 saturated carbocycles. The lowest BCUT2D eigenvalue weighted by atomic mass is 9.90. The number of carboxylic acids is 2. The lowest BCUT2D eigenvalue weighted by Crippen LogP contribution is -2.56. The van der Waals surface area contributed by atoms with Crippen molar-refractivity contribution >= 4 is 40.3 Å². The molecule has 1 saturated heterocycles. The van der Waals surface area contributed by atoms with Crippen LogP contribution in [0.5, 0.6) is 5.75 Å². The number of para-hydroxylation sites is 2. The Balaban J connectivity index is 0.000000441. The van der Waals surface area contributed by atoms with E-state index in [-0.39, 0.29) is 5.91 Å². The summed E-state index contributed by atoms with van der Waals surface area (Å²) in [4.78, 5) is 49.9. The van der Waals surface area contributed by atoms with Gasteiger partial charge in [-0.3, -0.25) is 19.8 Å². The van der Waals surface area contributed by atoms with Crippen LogP contribution < -0.4 is 20.4 Å². The second-order valence-corrected chi connectivity index (χ2v) is 11.1. The van der Waals surface area contributed by atoms with Crippen LogP contribution in [-0.2, 0) is 21.0 Å². The number of carbonyl (C=O) groups is 4. The Labute approximate surface area is 291 Å². The van der Waals surface area contributed by atoms with Gasteiger partial charge in [0.2, 0.25) is 5.91 Å². The number of aryl methyl sites for hydroxylation is 1. The Morgan fingerprint density at radius 3 is 1.98 bits per heavy atom. The summed E-state index contributed by atoms with van der Waals surface area (Å²) >= 11 is 0. The van der Waals surface area contributed by atoms with Crippen LogP contribution in [0.4, 0.5) is 32.0 Å². The number of hydroxylamine groups is 1. The predicted molar refractivity (Wildman–Crippen MR) is 173 cm³/mol. The number of ether oxygens (including phenoxy) is 1. The van der Waals surface area contributed by atoms with E-state index in [0.29, 0.717) is 37.4 Å². The molecule has 0 aliphatic carbocycles. The first-order valence-electron chi connectivity index (χ1n) is 15.1. The smallest absolute Gasteiger partial charge is 0.489 e. The van der Waals surface area contributed by atoms with Gasteiger partial charge in [0.05, 0.1) is 17.5 Å². The average molecular weight is 739 g/mol. The molecule has 0 bridgehead atoms. The summed E-state index contributed by atoms with van der Waals surface area (Å²) in [5, 5.41) is 27.5. The summed E-state index contributed by atoms with van der Waals surface area (Å²) in [6.07, 6.45) is -9.66. The first-order chi connectivity index (χ1) is 24.4. The molecule has 18 heteroatoms. The monoisotopic (exact) mass is 738 g/mol. The predicted octanol–water partition coefficient (Wildman–Crippen LogP) is 5.52. The third-order valence-corrected chi connectivity index (χ3v) is 7.42. The van der Waals surface area contributed by atoms with Gasteiger partial charge in [0.1, 0.15) is 12.4 Å². The van der Waals surface area contributed by atoms with Crippen molar-refractivity contribution in [2.75, 3.05) is 18.0 Å². The van der Waals surface area contributed by atoms with Gasteiger partial charge in [0, 0.05) is 41.0 Å². The number of aliphatic carboxylic acids is 2. The molecule has 4 aromatic rings. The number of piperidine rings is 1. The zero-order valence-electron chi connectivity index (χ0n) is 27.1. The fraction of sp³-hybridized carbons (Fsp3) is 0.265. The maximum absolute atomic E-state index is 13.1. The van der Waals surface area contributed by atoms with Gasteiger partial charge in [-0.2, -0.15) is 26.3 Å². The van der Waals surface area contributed by atoms with Crippen LogP contribution in [-0.4, -0.2) is 75.6 Å². The van der Waals surface area contributed by atoms with E-state index >= 15 is 0 Å². The number of carboxylic acid groups (broad SMARTS) is 2. The summed E-state index contributed by atoms with van der Waals surface area (Å²) in [7, 11) is 0. The van der Waals surface area contributed by atoms with Crippen molar-refractivity contribution in [1.82, 2.24) is 15.8 Å². The molecule has 5 N–H and O–H groups in total. The molecule has 1 aliphatic rings. The van der Waals surface area contributed by atoms with E-state index in [1.807, 2.05) is 67.6 Å². The van der Waals surface area contributed by atoms with Gasteiger partial charge in [-0.05, 0) is 61.9 Å². The van der Waals surface area contributed by atoms with Crippen LogP contribution in [0.3, 0.4) is 0 Å². The lowest BCUT2D eigenvalue weighted by molar-refractivity contribution is -0.193. The number of pyridine rings is 1. The van der Waals surface area contributed by atoms with Crippen LogP contribution in [0.25, 0.3) is 10.9 Å². The number of hydrogen-bond acceptors (Lipinski definition) is 8. The van der Waals surface area contributed by atoms with E-state index < -0.39 is 42.2 Å². The number of carbonyl (C=O) groups excluding carboxylic acids is 2.